The van der Waals surface area contributed by atoms with Crippen LogP contribution in [-0.4, -0.2) is 23.1 Å². The van der Waals surface area contributed by atoms with Crippen molar-refractivity contribution in [2.24, 2.45) is 5.84 Å². The van der Waals surface area contributed by atoms with E-state index in [4.69, 9.17) is 18.1 Å². The van der Waals surface area contributed by atoms with E-state index in [-0.39, 0.29) is 0 Å². The molecule has 0 aliphatic carbocycles. The van der Waals surface area contributed by atoms with Crippen LogP contribution in [0.3, 0.4) is 0 Å². The number of hydrazine groups is 1. The van der Waals surface area contributed by atoms with Crippen LogP contribution in [0.25, 0.3) is 0 Å². The first kappa shape index (κ1) is 14.5. The number of carbonyl (C=O) groups excluding carboxylic acids is 1. The molecular formula is C14H13BN4O2S. The van der Waals surface area contributed by atoms with Gasteiger partial charge in [-0.15, -0.1) is 0 Å². The van der Waals surface area contributed by atoms with Gasteiger partial charge in [0.15, 0.2) is 5.11 Å². The van der Waals surface area contributed by atoms with E-state index >= 15 is 0 Å². The maximum atomic E-state index is 11.6. The van der Waals surface area contributed by atoms with Crippen LogP contribution in [0.4, 0.5) is 11.4 Å². The number of hydrogen-bond donors (Lipinski definition) is 4. The van der Waals surface area contributed by atoms with Gasteiger partial charge < -0.3 is 15.2 Å². The number of amides is 1. The smallest absolute Gasteiger partial charge is 0.428 e. The number of nitrogens with one attached hydrogen (secondary N) is 2. The predicted molar refractivity (Wildman–Crippen MR) is 90.8 cm³/mol. The number of nitrogen functional groups attached to an aromatic ring is 1. The summed E-state index contributed by atoms with van der Waals surface area (Å²) in [5.74, 6) is 4.72. The third kappa shape index (κ3) is 2.43. The van der Waals surface area contributed by atoms with Crippen LogP contribution in [0.5, 0.6) is 0 Å². The zero-order valence-electron chi connectivity index (χ0n) is 11.5. The standard InChI is InChI=1S/C14H13BN4O2S/c16-18-13(20)9-6-7-11-12(8-9)17-14(22)19(15(11)21)10-4-2-1-3-5-10/h1-8,21H,16H2,(H,17,22)(H,18,20). The highest BCUT2D eigenvalue weighted by Gasteiger charge is 2.35. The second-order valence-corrected chi connectivity index (χ2v) is 5.17. The molecular weight excluding hydrogens is 299 g/mol. The van der Waals surface area contributed by atoms with Crippen LogP contribution < -0.4 is 26.9 Å². The Balaban J connectivity index is 2.00. The first-order valence-corrected chi connectivity index (χ1v) is 7.01. The van der Waals surface area contributed by atoms with Crippen molar-refractivity contribution in [2.75, 3.05) is 10.1 Å². The molecule has 0 aromatic heterocycles. The third-order valence-electron chi connectivity index (χ3n) is 3.46. The molecule has 6 nitrogen and oxygen atoms in total. The zero-order chi connectivity index (χ0) is 15.7. The first-order chi connectivity index (χ1) is 10.6. The predicted octanol–water partition coefficient (Wildman–Crippen LogP) is 0.195. The number of nitrogens with zero attached hydrogens (tertiary/aromatic N) is 1. The lowest BCUT2D eigenvalue weighted by molar-refractivity contribution is 0.0953. The molecule has 5 N–H and O–H groups in total. The summed E-state index contributed by atoms with van der Waals surface area (Å²) in [5, 5.41) is 14.0. The van der Waals surface area contributed by atoms with Crippen LogP contribution in [0.1, 0.15) is 10.4 Å². The molecule has 0 spiro atoms. The number of nitrogens with two attached hydrogens (primary N) is 1. The van der Waals surface area contributed by atoms with Crippen molar-refractivity contribution in [3.63, 3.8) is 0 Å². The number of carbonyl (C=O) groups is 1. The maximum absolute atomic E-state index is 11.6. The summed E-state index contributed by atoms with van der Waals surface area (Å²) in [6.07, 6.45) is 0. The maximum Gasteiger partial charge on any atom is 0.457 e. The largest absolute Gasteiger partial charge is 0.457 e. The molecule has 110 valence electrons. The van der Waals surface area contributed by atoms with Crippen molar-refractivity contribution >= 4 is 47.1 Å². The van der Waals surface area contributed by atoms with Crippen molar-refractivity contribution in [1.29, 1.82) is 0 Å². The zero-order valence-corrected chi connectivity index (χ0v) is 12.3. The Labute approximate surface area is 133 Å². The topological polar surface area (TPSA) is 90.6 Å². The molecule has 0 unspecified atom stereocenters. The van der Waals surface area contributed by atoms with Crippen LogP contribution in [-0.2, 0) is 0 Å². The number of benzene rings is 2. The fraction of sp³-hybridized carbons (Fsp3) is 0. The fourth-order valence-corrected chi connectivity index (χ4v) is 2.70. The summed E-state index contributed by atoms with van der Waals surface area (Å²) >= 11 is 5.33. The van der Waals surface area contributed by atoms with Gasteiger partial charge in [0.25, 0.3) is 5.91 Å². The molecule has 3 rings (SSSR count). The molecule has 2 aromatic rings. The number of rotatable bonds is 2. The molecule has 22 heavy (non-hydrogen) atoms. The lowest BCUT2D eigenvalue weighted by atomic mass is 9.69. The van der Waals surface area contributed by atoms with Gasteiger partial charge in [-0.2, -0.15) is 0 Å². The molecule has 8 heteroatoms. The number of anilines is 2. The average Bonchev–Trinajstić information content (AvgIpc) is 2.54. The molecule has 1 amide bonds. The molecule has 0 atom stereocenters. The number of hydrogen-bond acceptors (Lipinski definition) is 4. The lowest BCUT2D eigenvalue weighted by Crippen LogP contribution is -2.58. The summed E-state index contributed by atoms with van der Waals surface area (Å²) in [6, 6.07) is 14.2. The highest BCUT2D eigenvalue weighted by Crippen LogP contribution is 2.22. The Hall–Kier alpha value is -2.42. The molecule has 0 saturated heterocycles. The van der Waals surface area contributed by atoms with E-state index < -0.39 is 13.0 Å². The highest BCUT2D eigenvalue weighted by atomic mass is 32.1. The minimum atomic E-state index is -0.930. The highest BCUT2D eigenvalue weighted by molar-refractivity contribution is 7.81. The second-order valence-electron chi connectivity index (χ2n) is 4.78. The minimum Gasteiger partial charge on any atom is -0.428 e. The summed E-state index contributed by atoms with van der Waals surface area (Å²) < 4.78 is 0. The van der Waals surface area contributed by atoms with Crippen LogP contribution in [0, 0.1) is 0 Å². The summed E-state index contributed by atoms with van der Waals surface area (Å²) in [7, 11) is -0.930. The van der Waals surface area contributed by atoms with E-state index in [1.54, 1.807) is 23.0 Å². The summed E-state index contributed by atoms with van der Waals surface area (Å²) in [5.41, 5.74) is 4.46. The van der Waals surface area contributed by atoms with E-state index in [0.29, 0.717) is 21.8 Å². The fourth-order valence-electron chi connectivity index (χ4n) is 2.39. The van der Waals surface area contributed by atoms with Gasteiger partial charge >= 0.3 is 7.05 Å². The van der Waals surface area contributed by atoms with Crippen LogP contribution >= 0.6 is 12.2 Å². The van der Waals surface area contributed by atoms with Crippen molar-refractivity contribution in [1.82, 2.24) is 5.43 Å². The van der Waals surface area contributed by atoms with Gasteiger partial charge in [0, 0.05) is 16.9 Å². The monoisotopic (exact) mass is 312 g/mol. The summed E-state index contributed by atoms with van der Waals surface area (Å²) in [6.45, 7) is 0. The Morgan fingerprint density at radius 1 is 1.27 bits per heavy atom. The molecule has 1 aliphatic heterocycles. The van der Waals surface area contributed by atoms with Gasteiger partial charge in [0.1, 0.15) is 0 Å². The van der Waals surface area contributed by atoms with Gasteiger partial charge in [-0.1, -0.05) is 24.3 Å². The molecule has 0 bridgehead atoms. The molecule has 0 fully saturated rings. The van der Waals surface area contributed by atoms with Crippen molar-refractivity contribution in [3.8, 4) is 0 Å². The quantitative estimate of drug-likeness (QED) is 0.208. The van der Waals surface area contributed by atoms with Gasteiger partial charge in [0.2, 0.25) is 0 Å². The number of thiocarbonyl (C=S) groups is 1. The van der Waals surface area contributed by atoms with Crippen LogP contribution in [0.2, 0.25) is 0 Å². The minimum absolute atomic E-state index is 0.358. The van der Waals surface area contributed by atoms with E-state index in [1.807, 2.05) is 30.3 Å². The second kappa shape index (κ2) is 5.76. The number of fused-ring (bicyclic) bond motifs is 1. The van der Waals surface area contributed by atoms with Crippen molar-refractivity contribution < 1.29 is 9.82 Å². The Morgan fingerprint density at radius 2 is 2.00 bits per heavy atom. The molecule has 2 aromatic carbocycles. The first-order valence-electron chi connectivity index (χ1n) is 6.60. The Kier molecular flexibility index (Phi) is 3.80. The van der Waals surface area contributed by atoms with E-state index in [9.17, 15) is 9.82 Å². The van der Waals surface area contributed by atoms with Gasteiger partial charge in [-0.3, -0.25) is 10.2 Å². The molecule has 0 saturated carbocycles. The molecule has 0 radical (unpaired) electrons. The number of para-hydroxylation sites is 1. The normalized spacial score (nSPS) is 13.5. The van der Waals surface area contributed by atoms with E-state index in [1.165, 1.54) is 0 Å². The van der Waals surface area contributed by atoms with E-state index in [0.717, 1.165) is 5.69 Å². The SMILES string of the molecule is NNC(=O)c1ccc2c(c1)NC(=S)N(c1ccccc1)B2O. The van der Waals surface area contributed by atoms with Gasteiger partial charge in [-0.05, 0) is 41.9 Å². The lowest BCUT2D eigenvalue weighted by Gasteiger charge is -2.34. The van der Waals surface area contributed by atoms with Gasteiger partial charge in [0.05, 0.1) is 0 Å². The van der Waals surface area contributed by atoms with Crippen molar-refractivity contribution in [3.05, 3.63) is 54.1 Å². The average molecular weight is 312 g/mol. The Morgan fingerprint density at radius 3 is 2.68 bits per heavy atom. The van der Waals surface area contributed by atoms with Gasteiger partial charge in [-0.25, -0.2) is 5.84 Å². The van der Waals surface area contributed by atoms with E-state index in [2.05, 4.69) is 10.7 Å². The Bertz CT molecular complexity index is 741. The van der Waals surface area contributed by atoms with Crippen molar-refractivity contribution in [2.45, 2.75) is 0 Å². The molecule has 1 heterocycles. The summed E-state index contributed by atoms with van der Waals surface area (Å²) in [4.78, 5) is 13.2. The molecule has 1 aliphatic rings. The van der Waals surface area contributed by atoms with Crippen LogP contribution in [0.15, 0.2) is 48.5 Å². The third-order valence-corrected chi connectivity index (χ3v) is 3.76.